The van der Waals surface area contributed by atoms with Gasteiger partial charge in [-0.15, -0.1) is 11.8 Å². The van der Waals surface area contributed by atoms with Gasteiger partial charge in [0.15, 0.2) is 0 Å². The molecule has 1 aromatic carbocycles. The van der Waals surface area contributed by atoms with Crippen molar-refractivity contribution in [2.24, 2.45) is 0 Å². The number of rotatable bonds is 3. The van der Waals surface area contributed by atoms with Gasteiger partial charge >= 0.3 is 5.97 Å². The van der Waals surface area contributed by atoms with E-state index in [1.807, 2.05) is 0 Å². The van der Waals surface area contributed by atoms with Crippen LogP contribution in [0.15, 0.2) is 18.2 Å². The Balaban J connectivity index is 2.16. The summed E-state index contributed by atoms with van der Waals surface area (Å²) in [5, 5.41) is 8.81. The zero-order valence-electron chi connectivity index (χ0n) is 10.7. The Hall–Kier alpha value is -1.63. The fourth-order valence-corrected chi connectivity index (χ4v) is 3.32. The number of hydrogen-bond acceptors (Lipinski definition) is 3. The van der Waals surface area contributed by atoms with Crippen LogP contribution in [0.1, 0.15) is 12.5 Å². The first kappa shape index (κ1) is 14.8. The van der Waals surface area contributed by atoms with Crippen molar-refractivity contribution in [1.82, 2.24) is 4.90 Å². The molecule has 2 rings (SSSR count). The minimum absolute atomic E-state index is 0.0599. The van der Waals surface area contributed by atoms with Crippen LogP contribution in [0.25, 0.3) is 0 Å². The topological polar surface area (TPSA) is 57.6 Å². The van der Waals surface area contributed by atoms with E-state index in [0.29, 0.717) is 11.8 Å². The first-order valence-electron chi connectivity index (χ1n) is 5.99. The maximum Gasteiger partial charge on any atom is 0.327 e. The zero-order valence-corrected chi connectivity index (χ0v) is 11.5. The van der Waals surface area contributed by atoms with Crippen molar-refractivity contribution in [3.63, 3.8) is 0 Å². The number of carboxylic acid groups (broad SMARTS) is 1. The van der Waals surface area contributed by atoms with Gasteiger partial charge in [0.05, 0.1) is 11.8 Å². The summed E-state index contributed by atoms with van der Waals surface area (Å²) < 4.78 is 26.3. The van der Waals surface area contributed by atoms with Gasteiger partial charge in [-0.1, -0.05) is 6.07 Å². The molecule has 2 unspecified atom stereocenters. The van der Waals surface area contributed by atoms with Crippen molar-refractivity contribution >= 4 is 23.6 Å². The summed E-state index contributed by atoms with van der Waals surface area (Å²) in [5.74, 6) is -2.75. The largest absolute Gasteiger partial charge is 0.480 e. The average molecular weight is 301 g/mol. The van der Waals surface area contributed by atoms with E-state index in [2.05, 4.69) is 0 Å². The summed E-state index contributed by atoms with van der Waals surface area (Å²) >= 11 is 1.36. The van der Waals surface area contributed by atoms with E-state index < -0.39 is 29.6 Å². The van der Waals surface area contributed by atoms with Crippen molar-refractivity contribution in [2.45, 2.75) is 24.8 Å². The van der Waals surface area contributed by atoms with Crippen molar-refractivity contribution in [2.75, 3.05) is 5.75 Å². The number of hydrogen-bond donors (Lipinski definition) is 1. The number of benzene rings is 1. The van der Waals surface area contributed by atoms with Gasteiger partial charge in [0.2, 0.25) is 5.91 Å². The van der Waals surface area contributed by atoms with Crippen molar-refractivity contribution in [3.05, 3.63) is 35.4 Å². The fraction of sp³-hybridized carbons (Fsp3) is 0.385. The highest BCUT2D eigenvalue weighted by Gasteiger charge is 2.39. The maximum atomic E-state index is 13.5. The highest BCUT2D eigenvalue weighted by molar-refractivity contribution is 8.00. The molecule has 4 nitrogen and oxygen atoms in total. The van der Waals surface area contributed by atoms with Gasteiger partial charge < -0.3 is 10.0 Å². The lowest BCUT2D eigenvalue weighted by Gasteiger charge is -2.25. The molecule has 1 amide bonds. The molecule has 2 atom stereocenters. The monoisotopic (exact) mass is 301 g/mol. The highest BCUT2D eigenvalue weighted by Crippen LogP contribution is 2.29. The number of amides is 1. The molecule has 1 aliphatic heterocycles. The molecule has 1 aromatic rings. The van der Waals surface area contributed by atoms with Crippen molar-refractivity contribution in [3.8, 4) is 0 Å². The number of thioether (sulfide) groups is 1. The van der Waals surface area contributed by atoms with Crippen LogP contribution in [0.3, 0.4) is 0 Å². The molecule has 0 bridgehead atoms. The number of carboxylic acids is 1. The van der Waals surface area contributed by atoms with E-state index in [1.165, 1.54) is 22.7 Å². The molecule has 0 radical (unpaired) electrons. The second-order valence-electron chi connectivity index (χ2n) is 4.50. The summed E-state index contributed by atoms with van der Waals surface area (Å²) in [6.45, 7) is 1.73. The molecular weight excluding hydrogens is 288 g/mol. The second-order valence-corrected chi connectivity index (χ2v) is 5.85. The van der Waals surface area contributed by atoms with Crippen LogP contribution in [0.2, 0.25) is 0 Å². The minimum atomic E-state index is -1.07. The lowest BCUT2D eigenvalue weighted by molar-refractivity contribution is -0.148. The smallest absolute Gasteiger partial charge is 0.327 e. The van der Waals surface area contributed by atoms with Crippen LogP contribution in [-0.4, -0.2) is 39.1 Å². The summed E-state index contributed by atoms with van der Waals surface area (Å²) in [4.78, 5) is 24.5. The molecule has 0 aliphatic carbocycles. The predicted octanol–water partition coefficient (Wildman–Crippen LogP) is 1.88. The summed E-state index contributed by atoms with van der Waals surface area (Å²) in [6, 6.07) is 2.08. The third kappa shape index (κ3) is 2.92. The van der Waals surface area contributed by atoms with Crippen LogP contribution in [-0.2, 0) is 16.0 Å². The Labute approximate surface area is 118 Å². The molecule has 1 aliphatic rings. The third-order valence-electron chi connectivity index (χ3n) is 3.15. The molecule has 1 fully saturated rings. The third-order valence-corrected chi connectivity index (χ3v) is 4.37. The molecule has 7 heteroatoms. The number of carbonyl (C=O) groups is 2. The van der Waals surface area contributed by atoms with Crippen LogP contribution >= 0.6 is 11.8 Å². The summed E-state index contributed by atoms with van der Waals surface area (Å²) in [7, 11) is 0. The van der Waals surface area contributed by atoms with E-state index in [-0.39, 0.29) is 17.4 Å². The average Bonchev–Trinajstić information content (AvgIpc) is 2.75. The first-order valence-corrected chi connectivity index (χ1v) is 7.04. The van der Waals surface area contributed by atoms with Gasteiger partial charge in [0, 0.05) is 11.8 Å². The first-order chi connectivity index (χ1) is 9.40. The lowest BCUT2D eigenvalue weighted by Crippen LogP contribution is -2.45. The van der Waals surface area contributed by atoms with Crippen LogP contribution in [0, 0.1) is 11.6 Å². The van der Waals surface area contributed by atoms with Gasteiger partial charge in [-0.3, -0.25) is 4.79 Å². The zero-order chi connectivity index (χ0) is 14.9. The molecule has 0 aromatic heterocycles. The van der Waals surface area contributed by atoms with Gasteiger partial charge in [-0.05, 0) is 18.6 Å². The van der Waals surface area contributed by atoms with Gasteiger partial charge in [0.25, 0.3) is 0 Å². The molecule has 20 heavy (non-hydrogen) atoms. The Kier molecular flexibility index (Phi) is 4.27. The van der Waals surface area contributed by atoms with E-state index >= 15 is 0 Å². The standard InChI is InChI=1S/C13H13F2NO3S/c1-7-16(11(6-20-7)13(18)19)12(17)4-8-2-3-9(14)5-10(8)15/h2-3,5,7,11H,4,6H2,1H3,(H,18,19). The van der Waals surface area contributed by atoms with Crippen molar-refractivity contribution in [1.29, 1.82) is 0 Å². The quantitative estimate of drug-likeness (QED) is 0.926. The van der Waals surface area contributed by atoms with E-state index in [9.17, 15) is 18.4 Å². The number of aliphatic carboxylic acids is 1. The Morgan fingerprint density at radius 2 is 2.15 bits per heavy atom. The van der Waals surface area contributed by atoms with Crippen LogP contribution in [0.4, 0.5) is 8.78 Å². The van der Waals surface area contributed by atoms with E-state index in [4.69, 9.17) is 5.11 Å². The normalized spacial score (nSPS) is 22.1. The second kappa shape index (κ2) is 5.78. The maximum absolute atomic E-state index is 13.5. The molecule has 1 heterocycles. The van der Waals surface area contributed by atoms with Gasteiger partial charge in [-0.2, -0.15) is 0 Å². The highest BCUT2D eigenvalue weighted by atomic mass is 32.2. The molecular formula is C13H13F2NO3S. The fourth-order valence-electron chi connectivity index (χ4n) is 2.13. The number of halogens is 2. The Morgan fingerprint density at radius 3 is 2.75 bits per heavy atom. The molecule has 108 valence electrons. The lowest BCUT2D eigenvalue weighted by atomic mass is 10.1. The minimum Gasteiger partial charge on any atom is -0.480 e. The molecule has 1 saturated heterocycles. The van der Waals surface area contributed by atoms with Crippen molar-refractivity contribution < 1.29 is 23.5 Å². The number of nitrogens with zero attached hydrogens (tertiary/aromatic N) is 1. The predicted molar refractivity (Wildman–Crippen MR) is 70.3 cm³/mol. The van der Waals surface area contributed by atoms with E-state index in [1.54, 1.807) is 6.92 Å². The summed E-state index contributed by atoms with van der Waals surface area (Å²) in [5.41, 5.74) is 0.0599. The molecule has 0 saturated carbocycles. The van der Waals surface area contributed by atoms with Crippen LogP contribution in [0.5, 0.6) is 0 Å². The Morgan fingerprint density at radius 1 is 1.45 bits per heavy atom. The van der Waals surface area contributed by atoms with E-state index in [0.717, 1.165) is 6.07 Å². The summed E-state index contributed by atoms with van der Waals surface area (Å²) in [6.07, 6.45) is -0.277. The number of carbonyl (C=O) groups excluding carboxylic acids is 1. The Bertz CT molecular complexity index is 552. The van der Waals surface area contributed by atoms with Gasteiger partial charge in [0.1, 0.15) is 17.7 Å². The van der Waals surface area contributed by atoms with Crippen LogP contribution < -0.4 is 0 Å². The molecule has 0 spiro atoms. The SMILES string of the molecule is CC1SCC(C(=O)O)N1C(=O)Cc1ccc(F)cc1F. The van der Waals surface area contributed by atoms with Gasteiger partial charge in [-0.25, -0.2) is 13.6 Å². The molecule has 1 N–H and O–H groups in total.